The van der Waals surface area contributed by atoms with Crippen molar-refractivity contribution in [3.8, 4) is 11.3 Å². The monoisotopic (exact) mass is 218 g/mol. The molecule has 0 saturated heterocycles. The lowest BCUT2D eigenvalue weighted by Gasteiger charge is -2.01. The molecule has 1 saturated carbocycles. The Hall–Kier alpha value is -1.55. The van der Waals surface area contributed by atoms with E-state index in [2.05, 4.69) is 10.3 Å². The van der Waals surface area contributed by atoms with Gasteiger partial charge in [-0.15, -0.1) is 0 Å². The topological polar surface area (TPSA) is 51.2 Å². The van der Waals surface area contributed by atoms with Crippen LogP contribution in [0.1, 0.15) is 24.3 Å². The minimum Gasteiger partial charge on any atom is -0.469 e. The van der Waals surface area contributed by atoms with E-state index < -0.39 is 0 Å². The molecule has 0 aliphatic heterocycles. The van der Waals surface area contributed by atoms with Crippen LogP contribution in [0.15, 0.2) is 27.6 Å². The second-order valence-electron chi connectivity index (χ2n) is 4.17. The summed E-state index contributed by atoms with van der Waals surface area (Å²) >= 11 is 0. The fourth-order valence-electron chi connectivity index (χ4n) is 1.76. The number of furan rings is 1. The summed E-state index contributed by atoms with van der Waals surface area (Å²) in [6.07, 6.45) is 5.72. The van der Waals surface area contributed by atoms with Crippen LogP contribution in [0.5, 0.6) is 0 Å². The first-order valence-corrected chi connectivity index (χ1v) is 5.55. The lowest BCUT2D eigenvalue weighted by Crippen LogP contribution is -2.15. The molecule has 0 amide bonds. The summed E-state index contributed by atoms with van der Waals surface area (Å²) in [5.74, 6) is 1.68. The summed E-state index contributed by atoms with van der Waals surface area (Å²) in [7, 11) is 0. The maximum atomic E-state index is 5.43. The van der Waals surface area contributed by atoms with Crippen LogP contribution < -0.4 is 5.32 Å². The smallest absolute Gasteiger partial charge is 0.181 e. The van der Waals surface area contributed by atoms with Gasteiger partial charge >= 0.3 is 0 Å². The normalized spacial score (nSPS) is 15.6. The molecule has 4 nitrogen and oxygen atoms in total. The van der Waals surface area contributed by atoms with Crippen LogP contribution in [0.2, 0.25) is 0 Å². The summed E-state index contributed by atoms with van der Waals surface area (Å²) in [6, 6.07) is 2.59. The van der Waals surface area contributed by atoms with Crippen molar-refractivity contribution in [3.63, 3.8) is 0 Å². The molecule has 0 aromatic carbocycles. The highest BCUT2D eigenvalue weighted by molar-refractivity contribution is 5.61. The van der Waals surface area contributed by atoms with Crippen molar-refractivity contribution in [3.05, 3.63) is 30.2 Å². The van der Waals surface area contributed by atoms with E-state index in [0.717, 1.165) is 29.3 Å². The molecule has 3 rings (SSSR count). The van der Waals surface area contributed by atoms with Gasteiger partial charge in [0.1, 0.15) is 11.5 Å². The summed E-state index contributed by atoms with van der Waals surface area (Å²) in [4.78, 5) is 4.24. The van der Waals surface area contributed by atoms with Crippen molar-refractivity contribution in [1.82, 2.24) is 10.3 Å². The molecule has 1 aliphatic rings. The SMILES string of the molecule is Cc1occc1-c1ocnc1CNC1CC1. The van der Waals surface area contributed by atoms with E-state index in [0.29, 0.717) is 6.04 Å². The minimum atomic E-state index is 0.676. The minimum absolute atomic E-state index is 0.676. The van der Waals surface area contributed by atoms with Crippen LogP contribution in [0.4, 0.5) is 0 Å². The zero-order valence-electron chi connectivity index (χ0n) is 9.19. The Labute approximate surface area is 93.7 Å². The first kappa shape index (κ1) is 9.66. The van der Waals surface area contributed by atoms with E-state index in [9.17, 15) is 0 Å². The zero-order valence-corrected chi connectivity index (χ0v) is 9.19. The largest absolute Gasteiger partial charge is 0.469 e. The third-order valence-electron chi connectivity index (χ3n) is 2.88. The molecule has 1 aliphatic carbocycles. The zero-order chi connectivity index (χ0) is 11.0. The van der Waals surface area contributed by atoms with Crippen molar-refractivity contribution >= 4 is 0 Å². The van der Waals surface area contributed by atoms with Gasteiger partial charge in [0.15, 0.2) is 12.2 Å². The summed E-state index contributed by atoms with van der Waals surface area (Å²) in [5.41, 5.74) is 1.95. The van der Waals surface area contributed by atoms with E-state index in [1.165, 1.54) is 19.2 Å². The molecule has 0 atom stereocenters. The molecule has 0 spiro atoms. The van der Waals surface area contributed by atoms with Crippen LogP contribution in [0.25, 0.3) is 11.3 Å². The van der Waals surface area contributed by atoms with Gasteiger partial charge in [-0.3, -0.25) is 0 Å². The molecule has 16 heavy (non-hydrogen) atoms. The molecular formula is C12H14N2O2. The second kappa shape index (κ2) is 3.79. The first-order valence-electron chi connectivity index (χ1n) is 5.55. The molecule has 1 fully saturated rings. The van der Waals surface area contributed by atoms with Crippen LogP contribution >= 0.6 is 0 Å². The number of nitrogens with one attached hydrogen (secondary N) is 1. The van der Waals surface area contributed by atoms with Crippen LogP contribution in [-0.4, -0.2) is 11.0 Å². The first-order chi connectivity index (χ1) is 7.84. The Kier molecular flexibility index (Phi) is 2.29. The molecule has 0 unspecified atom stereocenters. The standard InChI is InChI=1S/C12H14N2O2/c1-8-10(4-5-15-8)12-11(14-7-16-12)6-13-9-2-3-9/h4-5,7,9,13H,2-3,6H2,1H3. The number of aryl methyl sites for hydroxylation is 1. The van der Waals surface area contributed by atoms with Gasteiger partial charge in [-0.2, -0.15) is 0 Å². The molecule has 0 bridgehead atoms. The lowest BCUT2D eigenvalue weighted by molar-refractivity contribution is 0.529. The third-order valence-corrected chi connectivity index (χ3v) is 2.88. The van der Waals surface area contributed by atoms with Gasteiger partial charge in [0.2, 0.25) is 0 Å². The van der Waals surface area contributed by atoms with Crippen LogP contribution in [0, 0.1) is 6.92 Å². The number of hydrogen-bond donors (Lipinski definition) is 1. The summed E-state index contributed by atoms with van der Waals surface area (Å²) in [5, 5.41) is 3.43. The maximum Gasteiger partial charge on any atom is 0.181 e. The van der Waals surface area contributed by atoms with E-state index in [1.807, 2.05) is 13.0 Å². The number of oxazole rings is 1. The molecule has 84 valence electrons. The molecule has 0 radical (unpaired) electrons. The maximum absolute atomic E-state index is 5.43. The van der Waals surface area contributed by atoms with Gasteiger partial charge in [0.25, 0.3) is 0 Å². The van der Waals surface area contributed by atoms with Crippen molar-refractivity contribution in [2.24, 2.45) is 0 Å². The molecule has 2 heterocycles. The Balaban J connectivity index is 1.83. The molecular weight excluding hydrogens is 204 g/mol. The Morgan fingerprint density at radius 2 is 2.31 bits per heavy atom. The molecule has 2 aromatic rings. The fraction of sp³-hybridized carbons (Fsp3) is 0.417. The van der Waals surface area contributed by atoms with E-state index in [1.54, 1.807) is 6.26 Å². The van der Waals surface area contributed by atoms with Gasteiger partial charge in [-0.25, -0.2) is 4.98 Å². The van der Waals surface area contributed by atoms with Crippen LogP contribution in [0.3, 0.4) is 0 Å². The quantitative estimate of drug-likeness (QED) is 0.856. The highest BCUT2D eigenvalue weighted by Crippen LogP contribution is 2.28. The van der Waals surface area contributed by atoms with Gasteiger partial charge in [-0.1, -0.05) is 0 Å². The van der Waals surface area contributed by atoms with Gasteiger partial charge in [-0.05, 0) is 25.8 Å². The third kappa shape index (κ3) is 1.76. The highest BCUT2D eigenvalue weighted by Gasteiger charge is 2.22. The van der Waals surface area contributed by atoms with Crippen molar-refractivity contribution in [2.75, 3.05) is 0 Å². The van der Waals surface area contributed by atoms with Crippen molar-refractivity contribution in [2.45, 2.75) is 32.4 Å². The number of aromatic nitrogens is 1. The van der Waals surface area contributed by atoms with Gasteiger partial charge in [0, 0.05) is 12.6 Å². The van der Waals surface area contributed by atoms with E-state index >= 15 is 0 Å². The lowest BCUT2D eigenvalue weighted by atomic mass is 10.1. The van der Waals surface area contributed by atoms with Crippen molar-refractivity contribution < 1.29 is 8.83 Å². The number of rotatable bonds is 4. The average Bonchev–Trinajstić information content (AvgIpc) is 2.83. The average molecular weight is 218 g/mol. The second-order valence-corrected chi connectivity index (χ2v) is 4.17. The molecule has 2 aromatic heterocycles. The van der Waals surface area contributed by atoms with Gasteiger partial charge in [0.05, 0.1) is 11.8 Å². The van der Waals surface area contributed by atoms with Crippen LogP contribution in [-0.2, 0) is 6.54 Å². The van der Waals surface area contributed by atoms with Crippen molar-refractivity contribution in [1.29, 1.82) is 0 Å². The predicted molar refractivity (Wildman–Crippen MR) is 58.8 cm³/mol. The summed E-state index contributed by atoms with van der Waals surface area (Å²) in [6.45, 7) is 2.69. The Morgan fingerprint density at radius 1 is 1.44 bits per heavy atom. The highest BCUT2D eigenvalue weighted by atomic mass is 16.3. The molecule has 4 heteroatoms. The predicted octanol–water partition coefficient (Wildman–Crippen LogP) is 2.50. The summed E-state index contributed by atoms with van der Waals surface area (Å²) < 4.78 is 10.7. The number of nitrogens with zero attached hydrogens (tertiary/aromatic N) is 1. The van der Waals surface area contributed by atoms with E-state index in [4.69, 9.17) is 8.83 Å². The number of hydrogen-bond acceptors (Lipinski definition) is 4. The Morgan fingerprint density at radius 3 is 3.00 bits per heavy atom. The molecule has 1 N–H and O–H groups in total. The van der Waals surface area contributed by atoms with Gasteiger partial charge < -0.3 is 14.2 Å². The Bertz CT molecular complexity index is 483. The van der Waals surface area contributed by atoms with E-state index in [-0.39, 0.29) is 0 Å². The fourth-order valence-corrected chi connectivity index (χ4v) is 1.76.